The van der Waals surface area contributed by atoms with Crippen molar-refractivity contribution in [3.05, 3.63) is 40.3 Å². The first kappa shape index (κ1) is 11.4. The van der Waals surface area contributed by atoms with E-state index in [1.54, 1.807) is 7.11 Å². The van der Waals surface area contributed by atoms with Crippen LogP contribution in [0.2, 0.25) is 0 Å². The lowest BCUT2D eigenvalue weighted by molar-refractivity contribution is 0.414. The van der Waals surface area contributed by atoms with E-state index in [-0.39, 0.29) is 0 Å². The summed E-state index contributed by atoms with van der Waals surface area (Å²) in [6, 6.07) is 7.96. The van der Waals surface area contributed by atoms with Crippen LogP contribution >= 0.6 is 0 Å². The first-order valence-electron chi connectivity index (χ1n) is 4.92. The molecule has 0 bridgehead atoms. The van der Waals surface area contributed by atoms with Crippen molar-refractivity contribution >= 4 is 0 Å². The Kier molecular flexibility index (Phi) is 4.51. The molecule has 4 heteroatoms. The number of hydrogen-bond donors (Lipinski definition) is 0. The van der Waals surface area contributed by atoms with Crippen LogP contribution in [0.5, 0.6) is 5.75 Å². The van der Waals surface area contributed by atoms with Crippen molar-refractivity contribution in [2.45, 2.75) is 19.3 Å². The molecule has 0 aliphatic heterocycles. The van der Waals surface area contributed by atoms with Gasteiger partial charge in [-0.05, 0) is 35.6 Å². The Labute approximate surface area is 89.5 Å². The lowest BCUT2D eigenvalue weighted by atomic mass is 9.98. The molecule has 0 aliphatic carbocycles. The smallest absolute Gasteiger partial charge is 0.119 e. The third kappa shape index (κ3) is 3.52. The van der Waals surface area contributed by atoms with Gasteiger partial charge in [-0.25, -0.2) is 0 Å². The molecule has 1 unspecified atom stereocenters. The topological polar surface area (TPSA) is 58.0 Å². The fourth-order valence-corrected chi connectivity index (χ4v) is 1.41. The maximum atomic E-state index is 8.17. The van der Waals surface area contributed by atoms with Crippen molar-refractivity contribution in [3.63, 3.8) is 0 Å². The van der Waals surface area contributed by atoms with Crippen molar-refractivity contribution in [3.8, 4) is 5.75 Å². The van der Waals surface area contributed by atoms with Gasteiger partial charge < -0.3 is 4.74 Å². The van der Waals surface area contributed by atoms with Gasteiger partial charge in [-0.2, -0.15) is 0 Å². The van der Waals surface area contributed by atoms with Crippen molar-refractivity contribution in [2.24, 2.45) is 5.11 Å². The van der Waals surface area contributed by atoms with Gasteiger partial charge >= 0.3 is 0 Å². The standard InChI is InChI=1S/C11H15N3O/c1-9(6-7-13-14-12)10-4-3-5-11(8-10)15-2/h3-5,8-9H,6-7H2,1-2H3. The molecule has 1 atom stereocenters. The van der Waals surface area contributed by atoms with E-state index in [1.807, 2.05) is 18.2 Å². The Morgan fingerprint density at radius 3 is 3.00 bits per heavy atom. The second kappa shape index (κ2) is 5.94. The van der Waals surface area contributed by atoms with Gasteiger partial charge in [0, 0.05) is 11.5 Å². The maximum Gasteiger partial charge on any atom is 0.119 e. The summed E-state index contributed by atoms with van der Waals surface area (Å²) in [6.07, 6.45) is 0.858. The second-order valence-electron chi connectivity index (χ2n) is 3.42. The number of hydrogen-bond acceptors (Lipinski definition) is 2. The fourth-order valence-electron chi connectivity index (χ4n) is 1.41. The number of nitrogens with zero attached hydrogens (tertiary/aromatic N) is 3. The average molecular weight is 205 g/mol. The van der Waals surface area contributed by atoms with E-state index in [4.69, 9.17) is 10.3 Å². The SMILES string of the molecule is COc1cccc(C(C)CCN=[N+]=[N-])c1. The van der Waals surface area contributed by atoms with Crippen LogP contribution in [-0.4, -0.2) is 13.7 Å². The lowest BCUT2D eigenvalue weighted by Gasteiger charge is -2.11. The molecule has 0 fully saturated rings. The minimum atomic E-state index is 0.380. The van der Waals surface area contributed by atoms with E-state index in [9.17, 15) is 0 Å². The normalized spacial score (nSPS) is 11.6. The molecule has 1 rings (SSSR count). The van der Waals surface area contributed by atoms with Crippen LogP contribution in [0, 0.1) is 0 Å². The van der Waals surface area contributed by atoms with Crippen molar-refractivity contribution < 1.29 is 4.74 Å². The van der Waals surface area contributed by atoms with Crippen molar-refractivity contribution in [1.82, 2.24) is 0 Å². The molecule has 80 valence electrons. The summed E-state index contributed by atoms with van der Waals surface area (Å²) in [4.78, 5) is 2.74. The molecule has 0 aromatic heterocycles. The van der Waals surface area contributed by atoms with Gasteiger partial charge in [-0.1, -0.05) is 24.2 Å². The molecular weight excluding hydrogens is 190 g/mol. The Morgan fingerprint density at radius 1 is 1.53 bits per heavy atom. The Balaban J connectivity index is 2.63. The molecule has 0 aliphatic rings. The van der Waals surface area contributed by atoms with Crippen LogP contribution in [0.3, 0.4) is 0 Å². The third-order valence-electron chi connectivity index (χ3n) is 2.39. The molecule has 0 amide bonds. The molecule has 0 heterocycles. The minimum absolute atomic E-state index is 0.380. The van der Waals surface area contributed by atoms with E-state index in [0.29, 0.717) is 12.5 Å². The summed E-state index contributed by atoms with van der Waals surface area (Å²) in [5, 5.41) is 3.53. The number of benzene rings is 1. The summed E-state index contributed by atoms with van der Waals surface area (Å²) in [5.74, 6) is 1.24. The number of methoxy groups -OCH3 is 1. The van der Waals surface area contributed by atoms with E-state index in [0.717, 1.165) is 12.2 Å². The number of azide groups is 1. The van der Waals surface area contributed by atoms with Gasteiger partial charge in [0.1, 0.15) is 5.75 Å². The molecule has 0 saturated carbocycles. The van der Waals surface area contributed by atoms with E-state index in [1.165, 1.54) is 5.56 Å². The van der Waals surface area contributed by atoms with Crippen LogP contribution in [0.4, 0.5) is 0 Å². The van der Waals surface area contributed by atoms with Crippen LogP contribution in [0.1, 0.15) is 24.8 Å². The van der Waals surface area contributed by atoms with Crippen LogP contribution in [0.15, 0.2) is 29.4 Å². The predicted molar refractivity (Wildman–Crippen MR) is 60.0 cm³/mol. The molecule has 0 spiro atoms. The van der Waals surface area contributed by atoms with Crippen molar-refractivity contribution in [2.75, 3.05) is 13.7 Å². The van der Waals surface area contributed by atoms with E-state index in [2.05, 4.69) is 23.0 Å². The highest BCUT2D eigenvalue weighted by Gasteiger charge is 2.05. The summed E-state index contributed by atoms with van der Waals surface area (Å²) in [7, 11) is 1.66. The molecule has 0 radical (unpaired) electrons. The fraction of sp³-hybridized carbons (Fsp3) is 0.455. The lowest BCUT2D eigenvalue weighted by Crippen LogP contribution is -1.96. The van der Waals surface area contributed by atoms with Gasteiger partial charge in [0.25, 0.3) is 0 Å². The third-order valence-corrected chi connectivity index (χ3v) is 2.39. The van der Waals surface area contributed by atoms with E-state index >= 15 is 0 Å². The minimum Gasteiger partial charge on any atom is -0.497 e. The Morgan fingerprint density at radius 2 is 2.33 bits per heavy atom. The zero-order chi connectivity index (χ0) is 11.1. The molecule has 0 saturated heterocycles. The van der Waals surface area contributed by atoms with Crippen LogP contribution in [0.25, 0.3) is 10.4 Å². The van der Waals surface area contributed by atoms with Crippen molar-refractivity contribution in [1.29, 1.82) is 0 Å². The number of ether oxygens (including phenoxy) is 1. The molecule has 1 aromatic rings. The zero-order valence-electron chi connectivity index (χ0n) is 9.05. The quantitative estimate of drug-likeness (QED) is 0.412. The Hall–Kier alpha value is -1.67. The highest BCUT2D eigenvalue weighted by molar-refractivity contribution is 5.30. The summed E-state index contributed by atoms with van der Waals surface area (Å²) < 4.78 is 5.15. The second-order valence-corrected chi connectivity index (χ2v) is 3.42. The average Bonchev–Trinajstić information content (AvgIpc) is 2.29. The maximum absolute atomic E-state index is 8.17. The first-order chi connectivity index (χ1) is 7.27. The monoisotopic (exact) mass is 205 g/mol. The highest BCUT2D eigenvalue weighted by atomic mass is 16.5. The largest absolute Gasteiger partial charge is 0.497 e. The molecule has 1 aromatic carbocycles. The zero-order valence-corrected chi connectivity index (χ0v) is 9.05. The predicted octanol–water partition coefficient (Wildman–Crippen LogP) is 3.50. The van der Waals surface area contributed by atoms with Gasteiger partial charge in [0.15, 0.2) is 0 Å². The van der Waals surface area contributed by atoms with E-state index < -0.39 is 0 Å². The van der Waals surface area contributed by atoms with Crippen LogP contribution < -0.4 is 4.74 Å². The van der Waals surface area contributed by atoms with Gasteiger partial charge in [-0.15, -0.1) is 0 Å². The van der Waals surface area contributed by atoms with Gasteiger partial charge in [-0.3, -0.25) is 0 Å². The molecule has 15 heavy (non-hydrogen) atoms. The molecular formula is C11H15N3O. The molecule has 0 N–H and O–H groups in total. The number of rotatable bonds is 5. The van der Waals surface area contributed by atoms with Gasteiger partial charge in [0.2, 0.25) is 0 Å². The summed E-state index contributed by atoms with van der Waals surface area (Å²) in [6.45, 7) is 2.65. The molecule has 4 nitrogen and oxygen atoms in total. The van der Waals surface area contributed by atoms with Crippen LogP contribution in [-0.2, 0) is 0 Å². The van der Waals surface area contributed by atoms with Gasteiger partial charge in [0.05, 0.1) is 7.11 Å². The Bertz CT molecular complexity index is 359. The highest BCUT2D eigenvalue weighted by Crippen LogP contribution is 2.22. The first-order valence-corrected chi connectivity index (χ1v) is 4.92. The summed E-state index contributed by atoms with van der Waals surface area (Å²) in [5.41, 5.74) is 9.38. The summed E-state index contributed by atoms with van der Waals surface area (Å²) >= 11 is 0.